The van der Waals surface area contributed by atoms with Crippen molar-refractivity contribution in [1.29, 1.82) is 0 Å². The van der Waals surface area contributed by atoms with Crippen LogP contribution < -0.4 is 5.73 Å². The van der Waals surface area contributed by atoms with Crippen molar-refractivity contribution in [2.75, 3.05) is 19.6 Å². The summed E-state index contributed by atoms with van der Waals surface area (Å²) in [6, 6.07) is 11.6. The lowest BCUT2D eigenvalue weighted by molar-refractivity contribution is 0.130. The van der Waals surface area contributed by atoms with E-state index in [2.05, 4.69) is 42.2 Å². The third kappa shape index (κ3) is 2.90. The lowest BCUT2D eigenvalue weighted by Gasteiger charge is -2.36. The standard InChI is InChI=1S/C17H24N2S/c1-13(19-10-4-5-14(12-19)8-9-18)17-11-15-6-2-3-7-16(15)20-17/h2-3,6-7,11,13-14H,4-5,8-10,12,18H2,1H3. The van der Waals surface area contributed by atoms with E-state index in [0.717, 1.165) is 12.5 Å². The Hall–Kier alpha value is -0.900. The summed E-state index contributed by atoms with van der Waals surface area (Å²) in [4.78, 5) is 4.15. The number of piperidine rings is 1. The van der Waals surface area contributed by atoms with E-state index in [1.807, 2.05) is 11.3 Å². The fourth-order valence-electron chi connectivity index (χ4n) is 3.31. The molecule has 0 radical (unpaired) electrons. The number of thiophene rings is 1. The molecule has 1 fully saturated rings. The van der Waals surface area contributed by atoms with Gasteiger partial charge in [0, 0.05) is 22.2 Å². The minimum absolute atomic E-state index is 0.535. The van der Waals surface area contributed by atoms with Crippen molar-refractivity contribution in [1.82, 2.24) is 4.90 Å². The van der Waals surface area contributed by atoms with E-state index in [9.17, 15) is 0 Å². The van der Waals surface area contributed by atoms with Crippen LogP contribution in [-0.4, -0.2) is 24.5 Å². The van der Waals surface area contributed by atoms with Gasteiger partial charge in [-0.05, 0) is 62.7 Å². The number of benzene rings is 1. The third-order valence-electron chi connectivity index (χ3n) is 4.53. The van der Waals surface area contributed by atoms with Gasteiger partial charge in [0.2, 0.25) is 0 Å². The SMILES string of the molecule is CC(c1cc2ccccc2s1)N1CCCC(CCN)C1. The molecular weight excluding hydrogens is 264 g/mol. The summed E-state index contributed by atoms with van der Waals surface area (Å²) in [5, 5.41) is 1.38. The molecule has 1 saturated heterocycles. The van der Waals surface area contributed by atoms with Crippen molar-refractivity contribution in [2.24, 2.45) is 11.7 Å². The molecule has 2 atom stereocenters. The predicted octanol–water partition coefficient (Wildman–Crippen LogP) is 4.02. The Morgan fingerprint density at radius 3 is 3.05 bits per heavy atom. The number of nitrogens with zero attached hydrogens (tertiary/aromatic N) is 1. The molecule has 1 aliphatic rings. The number of hydrogen-bond acceptors (Lipinski definition) is 3. The van der Waals surface area contributed by atoms with Crippen molar-refractivity contribution in [2.45, 2.75) is 32.2 Å². The van der Waals surface area contributed by atoms with Crippen molar-refractivity contribution in [3.05, 3.63) is 35.2 Å². The van der Waals surface area contributed by atoms with Gasteiger partial charge in [0.1, 0.15) is 0 Å². The largest absolute Gasteiger partial charge is 0.330 e. The average molecular weight is 288 g/mol. The van der Waals surface area contributed by atoms with E-state index < -0.39 is 0 Å². The molecule has 2 heterocycles. The Balaban J connectivity index is 1.75. The van der Waals surface area contributed by atoms with Gasteiger partial charge in [-0.1, -0.05) is 18.2 Å². The van der Waals surface area contributed by atoms with Gasteiger partial charge in [-0.3, -0.25) is 4.90 Å². The van der Waals surface area contributed by atoms with Crippen LogP contribution in [0.4, 0.5) is 0 Å². The Morgan fingerprint density at radius 2 is 2.25 bits per heavy atom. The molecule has 0 amide bonds. The first-order chi connectivity index (χ1) is 9.78. The van der Waals surface area contributed by atoms with Crippen LogP contribution in [0.15, 0.2) is 30.3 Å². The maximum atomic E-state index is 5.73. The number of rotatable bonds is 4. The molecule has 20 heavy (non-hydrogen) atoms. The van der Waals surface area contributed by atoms with Crippen LogP contribution in [-0.2, 0) is 0 Å². The highest BCUT2D eigenvalue weighted by atomic mass is 32.1. The molecule has 108 valence electrons. The smallest absolute Gasteiger partial charge is 0.0413 e. The summed E-state index contributed by atoms with van der Waals surface area (Å²) in [6.45, 7) is 5.63. The zero-order valence-corrected chi connectivity index (χ0v) is 13.0. The van der Waals surface area contributed by atoms with Crippen molar-refractivity contribution < 1.29 is 0 Å². The van der Waals surface area contributed by atoms with Crippen LogP contribution in [0.2, 0.25) is 0 Å². The van der Waals surface area contributed by atoms with Crippen LogP contribution >= 0.6 is 11.3 Å². The van der Waals surface area contributed by atoms with Gasteiger partial charge >= 0.3 is 0 Å². The Morgan fingerprint density at radius 1 is 1.40 bits per heavy atom. The van der Waals surface area contributed by atoms with E-state index in [-0.39, 0.29) is 0 Å². The number of likely N-dealkylation sites (tertiary alicyclic amines) is 1. The summed E-state index contributed by atoms with van der Waals surface area (Å²) in [5.74, 6) is 0.797. The highest BCUT2D eigenvalue weighted by Gasteiger charge is 2.24. The van der Waals surface area contributed by atoms with Gasteiger partial charge in [0.15, 0.2) is 0 Å². The van der Waals surface area contributed by atoms with Crippen molar-refractivity contribution in [3.63, 3.8) is 0 Å². The molecule has 0 spiro atoms. The summed E-state index contributed by atoms with van der Waals surface area (Å²) in [7, 11) is 0. The highest BCUT2D eigenvalue weighted by Crippen LogP contribution is 2.34. The minimum Gasteiger partial charge on any atom is -0.330 e. The third-order valence-corrected chi connectivity index (χ3v) is 5.82. The molecule has 0 aliphatic carbocycles. The fourth-order valence-corrected chi connectivity index (χ4v) is 4.46. The van der Waals surface area contributed by atoms with Crippen LogP contribution in [0.1, 0.15) is 37.1 Å². The Kier molecular flexibility index (Phi) is 4.39. The maximum Gasteiger partial charge on any atom is 0.0413 e. The van der Waals surface area contributed by atoms with Crippen molar-refractivity contribution in [3.8, 4) is 0 Å². The monoisotopic (exact) mass is 288 g/mol. The second kappa shape index (κ2) is 6.25. The lowest BCUT2D eigenvalue weighted by atomic mass is 9.94. The molecule has 2 N–H and O–H groups in total. The zero-order valence-electron chi connectivity index (χ0n) is 12.2. The molecule has 2 aromatic rings. The lowest BCUT2D eigenvalue weighted by Crippen LogP contribution is -2.37. The number of hydrogen-bond donors (Lipinski definition) is 1. The molecule has 3 heteroatoms. The van der Waals surface area contributed by atoms with Gasteiger partial charge in [-0.2, -0.15) is 0 Å². The second-order valence-corrected chi connectivity index (χ2v) is 7.06. The van der Waals surface area contributed by atoms with Gasteiger partial charge in [-0.15, -0.1) is 11.3 Å². The quantitative estimate of drug-likeness (QED) is 0.920. The molecule has 1 aromatic heterocycles. The molecule has 2 nitrogen and oxygen atoms in total. The molecule has 0 saturated carbocycles. The number of fused-ring (bicyclic) bond motifs is 1. The fraction of sp³-hybridized carbons (Fsp3) is 0.529. The molecule has 3 rings (SSSR count). The molecular formula is C17H24N2S. The van der Waals surface area contributed by atoms with Crippen LogP contribution in [0, 0.1) is 5.92 Å². The molecule has 1 aromatic carbocycles. The predicted molar refractivity (Wildman–Crippen MR) is 88.2 cm³/mol. The summed E-state index contributed by atoms with van der Waals surface area (Å²) < 4.78 is 1.41. The summed E-state index contributed by atoms with van der Waals surface area (Å²) in [5.41, 5.74) is 5.73. The van der Waals surface area contributed by atoms with Crippen LogP contribution in [0.3, 0.4) is 0 Å². The van der Waals surface area contributed by atoms with E-state index in [1.165, 1.54) is 47.3 Å². The summed E-state index contributed by atoms with van der Waals surface area (Å²) in [6.07, 6.45) is 3.85. The van der Waals surface area contributed by atoms with Crippen molar-refractivity contribution >= 4 is 21.4 Å². The van der Waals surface area contributed by atoms with Crippen LogP contribution in [0.25, 0.3) is 10.1 Å². The average Bonchev–Trinajstić information content (AvgIpc) is 2.91. The van der Waals surface area contributed by atoms with E-state index in [4.69, 9.17) is 5.73 Å². The first kappa shape index (κ1) is 14.1. The zero-order chi connectivity index (χ0) is 13.9. The minimum atomic E-state index is 0.535. The second-order valence-electron chi connectivity index (χ2n) is 5.94. The van der Waals surface area contributed by atoms with Gasteiger partial charge in [0.25, 0.3) is 0 Å². The van der Waals surface area contributed by atoms with Gasteiger partial charge < -0.3 is 5.73 Å². The molecule has 1 aliphatic heterocycles. The van der Waals surface area contributed by atoms with E-state index in [0.29, 0.717) is 6.04 Å². The first-order valence-electron chi connectivity index (χ1n) is 7.70. The Labute approximate surface area is 125 Å². The molecule has 0 bridgehead atoms. The van der Waals surface area contributed by atoms with E-state index >= 15 is 0 Å². The van der Waals surface area contributed by atoms with Gasteiger partial charge in [-0.25, -0.2) is 0 Å². The van der Waals surface area contributed by atoms with Crippen LogP contribution in [0.5, 0.6) is 0 Å². The maximum absolute atomic E-state index is 5.73. The highest BCUT2D eigenvalue weighted by molar-refractivity contribution is 7.19. The molecule has 2 unspecified atom stereocenters. The topological polar surface area (TPSA) is 29.3 Å². The van der Waals surface area contributed by atoms with E-state index in [1.54, 1.807) is 0 Å². The first-order valence-corrected chi connectivity index (χ1v) is 8.52. The normalized spacial score (nSPS) is 22.2. The Bertz CT molecular complexity index is 528. The summed E-state index contributed by atoms with van der Waals surface area (Å²) >= 11 is 1.95. The number of nitrogens with two attached hydrogens (primary N) is 1. The van der Waals surface area contributed by atoms with Gasteiger partial charge in [0.05, 0.1) is 0 Å².